The molecular formula is C13H23NOS. The zero-order valence-electron chi connectivity index (χ0n) is 10.4. The van der Waals surface area contributed by atoms with Gasteiger partial charge >= 0.3 is 0 Å². The van der Waals surface area contributed by atoms with Crippen molar-refractivity contribution in [3.63, 3.8) is 0 Å². The van der Waals surface area contributed by atoms with E-state index >= 15 is 0 Å². The third-order valence-electron chi connectivity index (χ3n) is 4.16. The van der Waals surface area contributed by atoms with Gasteiger partial charge in [-0.15, -0.1) is 0 Å². The molecule has 2 nitrogen and oxygen atoms in total. The molecule has 0 bridgehead atoms. The minimum Gasteiger partial charge on any atom is -0.338 e. The second-order valence-electron chi connectivity index (χ2n) is 5.62. The van der Waals surface area contributed by atoms with Gasteiger partial charge in [0.15, 0.2) is 0 Å². The predicted molar refractivity (Wildman–Crippen MR) is 69.7 cm³/mol. The van der Waals surface area contributed by atoms with Crippen LogP contribution < -0.4 is 0 Å². The molecule has 2 rings (SSSR count). The average molecular weight is 241 g/mol. The van der Waals surface area contributed by atoms with E-state index in [0.717, 1.165) is 12.5 Å². The normalized spacial score (nSPS) is 31.6. The number of hydrogen-bond donors (Lipinski definition) is 1. The zero-order valence-corrected chi connectivity index (χ0v) is 11.2. The Labute approximate surface area is 104 Å². The van der Waals surface area contributed by atoms with Crippen LogP contribution in [-0.4, -0.2) is 28.6 Å². The molecule has 1 saturated heterocycles. The molecular weight excluding hydrogens is 218 g/mol. The molecule has 3 heteroatoms. The van der Waals surface area contributed by atoms with E-state index in [0.29, 0.717) is 12.0 Å². The Balaban J connectivity index is 2.05. The maximum atomic E-state index is 12.3. The minimum absolute atomic E-state index is 0.112. The number of amides is 1. The third kappa shape index (κ3) is 2.24. The van der Waals surface area contributed by atoms with Gasteiger partial charge < -0.3 is 4.90 Å². The highest BCUT2D eigenvalue weighted by Crippen LogP contribution is 2.37. The van der Waals surface area contributed by atoms with Crippen LogP contribution in [0.25, 0.3) is 0 Å². The van der Waals surface area contributed by atoms with Gasteiger partial charge in [-0.05, 0) is 37.5 Å². The molecule has 0 N–H and O–H groups in total. The average Bonchev–Trinajstić information content (AvgIpc) is 2.74. The highest BCUT2D eigenvalue weighted by atomic mass is 32.1. The van der Waals surface area contributed by atoms with Gasteiger partial charge in [-0.3, -0.25) is 4.79 Å². The summed E-state index contributed by atoms with van der Waals surface area (Å²) in [5.41, 5.74) is 0. The zero-order chi connectivity index (χ0) is 11.7. The van der Waals surface area contributed by atoms with Gasteiger partial charge in [0.2, 0.25) is 5.91 Å². The number of piperidine rings is 1. The summed E-state index contributed by atoms with van der Waals surface area (Å²) < 4.78 is 0. The van der Waals surface area contributed by atoms with Crippen molar-refractivity contribution in [2.24, 2.45) is 11.8 Å². The minimum atomic E-state index is -0.112. The monoisotopic (exact) mass is 241 g/mol. The van der Waals surface area contributed by atoms with Crippen LogP contribution in [0, 0.1) is 11.8 Å². The Hall–Kier alpha value is -0.180. The number of likely N-dealkylation sites (tertiary alicyclic amines) is 1. The summed E-state index contributed by atoms with van der Waals surface area (Å²) in [6.07, 6.45) is 6.36. The molecule has 3 unspecified atom stereocenters. The lowest BCUT2D eigenvalue weighted by Gasteiger charge is -2.39. The SMILES string of the molecule is CC(C)C(S)C(=O)N1CCCC2CCCC21. The van der Waals surface area contributed by atoms with Crippen molar-refractivity contribution < 1.29 is 4.79 Å². The van der Waals surface area contributed by atoms with Gasteiger partial charge in [0.1, 0.15) is 0 Å². The maximum Gasteiger partial charge on any atom is 0.235 e. The van der Waals surface area contributed by atoms with Crippen molar-refractivity contribution in [1.29, 1.82) is 0 Å². The van der Waals surface area contributed by atoms with Crippen LogP contribution in [0.4, 0.5) is 0 Å². The summed E-state index contributed by atoms with van der Waals surface area (Å²) in [6, 6.07) is 0.537. The molecule has 0 spiro atoms. The summed E-state index contributed by atoms with van der Waals surface area (Å²) in [5.74, 6) is 1.39. The van der Waals surface area contributed by atoms with Crippen LogP contribution in [0.15, 0.2) is 0 Å². The van der Waals surface area contributed by atoms with Crippen molar-refractivity contribution in [2.75, 3.05) is 6.54 Å². The van der Waals surface area contributed by atoms with Crippen LogP contribution >= 0.6 is 12.6 Å². The Kier molecular flexibility index (Phi) is 3.83. The third-order valence-corrected chi connectivity index (χ3v) is 4.98. The number of nitrogens with zero attached hydrogens (tertiary/aromatic N) is 1. The van der Waals surface area contributed by atoms with E-state index in [4.69, 9.17) is 0 Å². The Morgan fingerprint density at radius 3 is 2.62 bits per heavy atom. The first-order valence-corrected chi connectivity index (χ1v) is 7.11. The highest BCUT2D eigenvalue weighted by Gasteiger charge is 2.38. The first-order chi connectivity index (χ1) is 7.61. The quantitative estimate of drug-likeness (QED) is 0.737. The van der Waals surface area contributed by atoms with E-state index in [9.17, 15) is 4.79 Å². The molecule has 92 valence electrons. The fourth-order valence-electron chi connectivity index (χ4n) is 3.18. The molecule has 2 fully saturated rings. The lowest BCUT2D eigenvalue weighted by Crippen LogP contribution is -2.49. The van der Waals surface area contributed by atoms with Crippen molar-refractivity contribution in [1.82, 2.24) is 4.90 Å². The van der Waals surface area contributed by atoms with Gasteiger partial charge in [-0.25, -0.2) is 0 Å². The first kappa shape index (κ1) is 12.3. The predicted octanol–water partition coefficient (Wildman–Crippen LogP) is 2.73. The number of fused-ring (bicyclic) bond motifs is 1. The second kappa shape index (κ2) is 4.99. The second-order valence-corrected chi connectivity index (χ2v) is 6.18. The number of hydrogen-bond acceptors (Lipinski definition) is 2. The standard InChI is InChI=1S/C13H23NOS/c1-9(2)12(16)13(15)14-8-4-6-10-5-3-7-11(10)14/h9-12,16H,3-8H2,1-2H3. The molecule has 3 atom stereocenters. The fraction of sp³-hybridized carbons (Fsp3) is 0.923. The summed E-state index contributed by atoms with van der Waals surface area (Å²) in [7, 11) is 0. The molecule has 1 aliphatic carbocycles. The van der Waals surface area contributed by atoms with E-state index in [1.165, 1.54) is 32.1 Å². The Morgan fingerprint density at radius 1 is 1.25 bits per heavy atom. The van der Waals surface area contributed by atoms with Crippen LogP contribution in [-0.2, 0) is 4.79 Å². The molecule has 16 heavy (non-hydrogen) atoms. The van der Waals surface area contributed by atoms with Crippen LogP contribution in [0.3, 0.4) is 0 Å². The smallest absolute Gasteiger partial charge is 0.235 e. The summed E-state index contributed by atoms with van der Waals surface area (Å²) in [6.45, 7) is 5.11. The van der Waals surface area contributed by atoms with Crippen LogP contribution in [0.5, 0.6) is 0 Å². The van der Waals surface area contributed by atoms with E-state index in [1.807, 2.05) is 0 Å². The number of thiol groups is 1. The summed E-state index contributed by atoms with van der Waals surface area (Å²) in [5, 5.41) is -0.112. The summed E-state index contributed by atoms with van der Waals surface area (Å²) in [4.78, 5) is 14.5. The largest absolute Gasteiger partial charge is 0.338 e. The van der Waals surface area contributed by atoms with E-state index in [2.05, 4.69) is 31.4 Å². The van der Waals surface area contributed by atoms with E-state index in [1.54, 1.807) is 0 Å². The maximum absolute atomic E-state index is 12.3. The lowest BCUT2D eigenvalue weighted by atomic mass is 9.91. The number of carbonyl (C=O) groups is 1. The molecule has 0 radical (unpaired) electrons. The molecule has 0 aromatic heterocycles. The van der Waals surface area contributed by atoms with Crippen LogP contribution in [0.2, 0.25) is 0 Å². The van der Waals surface area contributed by atoms with E-state index in [-0.39, 0.29) is 11.2 Å². The highest BCUT2D eigenvalue weighted by molar-refractivity contribution is 7.81. The number of carbonyl (C=O) groups excluding carboxylic acids is 1. The fourth-order valence-corrected chi connectivity index (χ4v) is 3.33. The van der Waals surface area contributed by atoms with Gasteiger partial charge in [0, 0.05) is 12.6 Å². The lowest BCUT2D eigenvalue weighted by molar-refractivity contribution is -0.135. The number of rotatable bonds is 2. The topological polar surface area (TPSA) is 20.3 Å². The van der Waals surface area contributed by atoms with Crippen molar-refractivity contribution in [3.8, 4) is 0 Å². The molecule has 0 aromatic carbocycles. The van der Waals surface area contributed by atoms with Crippen LogP contribution in [0.1, 0.15) is 46.0 Å². The van der Waals surface area contributed by atoms with Crippen molar-refractivity contribution in [3.05, 3.63) is 0 Å². The van der Waals surface area contributed by atoms with Gasteiger partial charge in [0.25, 0.3) is 0 Å². The molecule has 1 amide bonds. The van der Waals surface area contributed by atoms with Crippen molar-refractivity contribution in [2.45, 2.75) is 57.2 Å². The molecule has 2 aliphatic rings. The molecule has 1 aliphatic heterocycles. The van der Waals surface area contributed by atoms with Gasteiger partial charge in [-0.2, -0.15) is 12.6 Å². The molecule has 1 heterocycles. The van der Waals surface area contributed by atoms with Crippen molar-refractivity contribution >= 4 is 18.5 Å². The molecule has 0 aromatic rings. The Bertz CT molecular complexity index is 267. The Morgan fingerprint density at radius 2 is 1.94 bits per heavy atom. The van der Waals surface area contributed by atoms with Gasteiger partial charge in [0.05, 0.1) is 5.25 Å². The van der Waals surface area contributed by atoms with E-state index < -0.39 is 0 Å². The van der Waals surface area contributed by atoms with Gasteiger partial charge in [-0.1, -0.05) is 20.3 Å². The molecule has 1 saturated carbocycles. The first-order valence-electron chi connectivity index (χ1n) is 6.60. The summed E-state index contributed by atoms with van der Waals surface area (Å²) >= 11 is 4.47.